The fraction of sp³-hybridized carbons (Fsp3) is 0.143. The highest BCUT2D eigenvalue weighted by Crippen LogP contribution is 2.62. The molecule has 1 aromatic heterocycles. The normalized spacial score (nSPS) is 14.7. The summed E-state index contributed by atoms with van der Waals surface area (Å²) in [7, 11) is -2.90. The lowest BCUT2D eigenvalue weighted by molar-refractivity contribution is 1.49. The van der Waals surface area contributed by atoms with Gasteiger partial charge >= 0.3 is 0 Å². The molecular formula is C42H32N4SSi2. The Morgan fingerprint density at radius 3 is 1.18 bits per heavy atom. The molecule has 0 N–H and O–H groups in total. The Hall–Kier alpha value is -5.55. The van der Waals surface area contributed by atoms with Crippen LogP contribution < -0.4 is 10.4 Å². The topological polar surface area (TPSA) is 56.3 Å². The summed E-state index contributed by atoms with van der Waals surface area (Å²) in [6.07, 6.45) is 0. The van der Waals surface area contributed by atoms with Crippen LogP contribution in [0, 0.1) is 35.8 Å². The third kappa shape index (κ3) is 5.12. The molecule has 234 valence electrons. The highest BCUT2D eigenvalue weighted by Gasteiger charge is 2.39. The molecule has 1 heterocycles. The highest BCUT2D eigenvalue weighted by atomic mass is 32.1. The molecule has 49 heavy (non-hydrogen) atoms. The summed E-state index contributed by atoms with van der Waals surface area (Å²) in [5.41, 5.74) is 11.1. The second-order valence-corrected chi connectivity index (χ2v) is 25.8. The number of fused-ring (bicyclic) bond motifs is 7. The molecule has 7 heteroatoms. The zero-order valence-corrected chi connectivity index (χ0v) is 31.1. The number of allylic oxidation sites excluding steroid dienone is 2. The van der Waals surface area contributed by atoms with Crippen LogP contribution in [0.2, 0.25) is 39.3 Å². The molecule has 4 nitrogen and oxygen atoms in total. The van der Waals surface area contributed by atoms with Crippen LogP contribution in [-0.2, 0) is 0 Å². The predicted octanol–water partition coefficient (Wildman–Crippen LogP) is 10.5. The van der Waals surface area contributed by atoms with Crippen molar-refractivity contribution in [3.63, 3.8) is 0 Å². The van der Waals surface area contributed by atoms with E-state index in [0.29, 0.717) is 11.1 Å². The summed E-state index contributed by atoms with van der Waals surface area (Å²) in [6, 6.07) is 34.5. The molecule has 0 unspecified atom stereocenters. The minimum Gasteiger partial charge on any atom is -0.226 e. The van der Waals surface area contributed by atoms with Crippen molar-refractivity contribution in [1.29, 1.82) is 10.5 Å². The van der Waals surface area contributed by atoms with E-state index < -0.39 is 16.1 Å². The van der Waals surface area contributed by atoms with Gasteiger partial charge in [0, 0.05) is 32.0 Å². The Balaban J connectivity index is 1.44. The Bertz CT molecular complexity index is 2270. The smallest absolute Gasteiger partial charge is 0.226 e. The molecule has 5 aromatic rings. The van der Waals surface area contributed by atoms with Crippen LogP contribution in [0.3, 0.4) is 0 Å². The minimum atomic E-state index is -1.45. The van der Waals surface area contributed by atoms with Crippen LogP contribution in [-0.4, -0.2) is 16.1 Å². The zero-order chi connectivity index (χ0) is 34.8. The van der Waals surface area contributed by atoms with Crippen LogP contribution in [0.5, 0.6) is 0 Å². The number of thiophene rings is 1. The van der Waals surface area contributed by atoms with Gasteiger partial charge in [-0.15, -0.1) is 11.3 Å². The fourth-order valence-electron chi connectivity index (χ4n) is 6.91. The largest absolute Gasteiger partial charge is 0.271 e. The third-order valence-corrected chi connectivity index (χ3v) is 14.9. The Labute approximate surface area is 294 Å². The van der Waals surface area contributed by atoms with Crippen molar-refractivity contribution < 1.29 is 0 Å². The second-order valence-electron chi connectivity index (χ2n) is 14.6. The molecule has 0 fully saturated rings. The summed E-state index contributed by atoms with van der Waals surface area (Å²) >= 11 is 1.48. The minimum absolute atomic E-state index is 0.0414. The van der Waals surface area contributed by atoms with Gasteiger partial charge in [-0.25, -0.2) is 20.2 Å². The van der Waals surface area contributed by atoms with Crippen LogP contribution in [0.4, 0.5) is 0 Å². The van der Waals surface area contributed by atoms with Crippen molar-refractivity contribution >= 4 is 49.0 Å². The number of hydrogen-bond acceptors (Lipinski definition) is 3. The summed E-state index contributed by atoms with van der Waals surface area (Å²) in [6.45, 7) is 29.9. The molecule has 4 aromatic carbocycles. The molecule has 0 bridgehead atoms. The van der Waals surface area contributed by atoms with Crippen LogP contribution in [0.15, 0.2) is 96.3 Å². The van der Waals surface area contributed by atoms with E-state index in [2.05, 4.69) is 146 Å². The summed E-state index contributed by atoms with van der Waals surface area (Å²) in [4.78, 5) is 9.04. The van der Waals surface area contributed by atoms with Gasteiger partial charge in [0.05, 0.1) is 41.4 Å². The van der Waals surface area contributed by atoms with Gasteiger partial charge in [-0.2, -0.15) is 0 Å². The standard InChI is InChI=1S/C42H32N4SSi2/c1-45-35(23-43)37-33-21-27(25-9-15-29(16-10-25)48(3,4)5)13-19-31(33)39-40-32-20-14-28(26-11-17-30(18-12-26)49(6,7)8)22-34(32)38(36(24-44)46-2)42(40)47-41(37)39/h9-22H,3-8H3/b37-35-,38-36+. The first kappa shape index (κ1) is 32.0. The van der Waals surface area contributed by atoms with Crippen molar-refractivity contribution in [2.24, 2.45) is 0 Å². The Morgan fingerprint density at radius 2 is 0.878 bits per heavy atom. The summed E-state index contributed by atoms with van der Waals surface area (Å²) in [5, 5.41) is 23.1. The molecular weight excluding hydrogens is 649 g/mol. The lowest BCUT2D eigenvalue weighted by Gasteiger charge is -2.17. The van der Waals surface area contributed by atoms with E-state index in [4.69, 9.17) is 13.1 Å². The van der Waals surface area contributed by atoms with Gasteiger partial charge in [-0.1, -0.05) is 122 Å². The first-order valence-electron chi connectivity index (χ1n) is 16.1. The van der Waals surface area contributed by atoms with E-state index in [-0.39, 0.29) is 11.4 Å². The van der Waals surface area contributed by atoms with Crippen molar-refractivity contribution in [2.75, 3.05) is 0 Å². The number of benzene rings is 4. The van der Waals surface area contributed by atoms with Gasteiger partial charge in [0.2, 0.25) is 0 Å². The van der Waals surface area contributed by atoms with Gasteiger partial charge in [-0.05, 0) is 56.6 Å². The number of nitriles is 2. The second kappa shape index (κ2) is 11.6. The quantitative estimate of drug-likeness (QED) is 0.106. The lowest BCUT2D eigenvalue weighted by Crippen LogP contribution is -2.37. The highest BCUT2D eigenvalue weighted by molar-refractivity contribution is 7.16. The van der Waals surface area contributed by atoms with Gasteiger partial charge in [0.1, 0.15) is 0 Å². The van der Waals surface area contributed by atoms with E-state index in [1.165, 1.54) is 21.7 Å². The van der Waals surface area contributed by atoms with E-state index >= 15 is 0 Å². The average molecular weight is 681 g/mol. The van der Waals surface area contributed by atoms with Crippen LogP contribution in [0.25, 0.3) is 65.3 Å². The van der Waals surface area contributed by atoms with Crippen molar-refractivity contribution in [2.45, 2.75) is 39.3 Å². The molecule has 0 atom stereocenters. The maximum Gasteiger partial charge on any atom is 0.271 e. The van der Waals surface area contributed by atoms with E-state index in [1.54, 1.807) is 0 Å². The maximum atomic E-state index is 10.1. The maximum absolute atomic E-state index is 10.1. The number of hydrogen-bond donors (Lipinski definition) is 0. The molecule has 0 saturated heterocycles. The Morgan fingerprint density at radius 1 is 0.531 bits per heavy atom. The van der Waals surface area contributed by atoms with E-state index in [9.17, 15) is 10.5 Å². The van der Waals surface area contributed by atoms with Crippen molar-refractivity contribution in [1.82, 2.24) is 0 Å². The molecule has 0 aliphatic heterocycles. The molecule has 7 rings (SSSR count). The number of rotatable bonds is 4. The van der Waals surface area contributed by atoms with Gasteiger partial charge in [0.25, 0.3) is 11.4 Å². The molecule has 0 spiro atoms. The molecule has 2 aliphatic rings. The molecule has 0 radical (unpaired) electrons. The van der Waals surface area contributed by atoms with Crippen LogP contribution >= 0.6 is 11.3 Å². The third-order valence-electron chi connectivity index (χ3n) is 9.56. The summed E-state index contributed by atoms with van der Waals surface area (Å²) in [5.74, 6) is 0. The average Bonchev–Trinajstić information content (AvgIpc) is 3.71. The molecule has 2 aliphatic carbocycles. The van der Waals surface area contributed by atoms with Crippen molar-refractivity contribution in [3.8, 4) is 56.6 Å². The first-order valence-corrected chi connectivity index (χ1v) is 23.9. The molecule has 0 saturated carbocycles. The van der Waals surface area contributed by atoms with Gasteiger partial charge in [0.15, 0.2) is 0 Å². The Kier molecular flexibility index (Phi) is 7.55. The van der Waals surface area contributed by atoms with E-state index in [0.717, 1.165) is 65.4 Å². The first-order chi connectivity index (χ1) is 23.4. The monoisotopic (exact) mass is 680 g/mol. The van der Waals surface area contributed by atoms with Crippen LogP contribution in [0.1, 0.15) is 20.9 Å². The van der Waals surface area contributed by atoms with Gasteiger partial charge < -0.3 is 0 Å². The summed E-state index contributed by atoms with van der Waals surface area (Å²) < 4.78 is 0. The van der Waals surface area contributed by atoms with Gasteiger partial charge in [-0.3, -0.25) is 0 Å². The SMILES string of the molecule is [C-]#[N+]/C(C#N)=C1/c2cc(-c3ccc([Si](C)(C)C)cc3)ccc2-c2c1sc1c2-c2ccc(-c3ccc([Si](C)(C)C)cc3)cc2/C1=C(/C#N)[N+]#[C-]. The fourth-order valence-corrected chi connectivity index (χ4v) is 10.7. The lowest BCUT2D eigenvalue weighted by atomic mass is 9.94. The van der Waals surface area contributed by atoms with Crippen molar-refractivity contribution in [3.05, 3.63) is 140 Å². The van der Waals surface area contributed by atoms with E-state index in [1.807, 2.05) is 0 Å². The number of nitrogens with zero attached hydrogens (tertiary/aromatic N) is 4. The zero-order valence-electron chi connectivity index (χ0n) is 28.3. The molecule has 0 amide bonds. The predicted molar refractivity (Wildman–Crippen MR) is 208 cm³/mol.